The Morgan fingerprint density at radius 3 is 2.18 bits per heavy atom. The number of nitrogens with two attached hydrogens (primary N) is 1. The van der Waals surface area contributed by atoms with Crippen LogP contribution in [0.15, 0.2) is 30.3 Å². The molecule has 0 saturated heterocycles. The molecule has 1 amide bonds. The highest BCUT2D eigenvalue weighted by Crippen LogP contribution is 2.18. The lowest BCUT2D eigenvalue weighted by Gasteiger charge is -2.01. The van der Waals surface area contributed by atoms with E-state index < -0.39 is 16.8 Å². The number of benzene rings is 1. The first-order chi connectivity index (χ1) is 7.91. The quantitative estimate of drug-likeness (QED) is 0.448. The third-order valence-corrected chi connectivity index (χ3v) is 1.91. The summed E-state index contributed by atoms with van der Waals surface area (Å²) in [7, 11) is 0. The average Bonchev–Trinajstić information content (AvgIpc) is 2.25. The van der Waals surface area contributed by atoms with Crippen LogP contribution in [0, 0.1) is 10.1 Å². The van der Waals surface area contributed by atoms with E-state index in [1.807, 2.05) is 0 Å². The second kappa shape index (κ2) is 4.88. The monoisotopic (exact) mass is 236 g/mol. The number of hydrogen-bond donors (Lipinski definition) is 2. The van der Waals surface area contributed by atoms with Gasteiger partial charge >= 0.3 is 5.97 Å². The van der Waals surface area contributed by atoms with E-state index in [4.69, 9.17) is 10.8 Å². The van der Waals surface area contributed by atoms with E-state index in [1.54, 1.807) is 0 Å². The van der Waals surface area contributed by atoms with Crippen molar-refractivity contribution in [1.29, 1.82) is 0 Å². The SMILES string of the molecule is NC(=O)/C=C(\C(=O)O)c1ccc([N+](=O)[O-])cc1. The number of hydrogen-bond acceptors (Lipinski definition) is 4. The number of carbonyl (C=O) groups is 2. The fourth-order valence-electron chi connectivity index (χ4n) is 1.17. The molecular formula is C10H8N2O5. The zero-order valence-corrected chi connectivity index (χ0v) is 8.49. The summed E-state index contributed by atoms with van der Waals surface area (Å²) >= 11 is 0. The van der Waals surface area contributed by atoms with Gasteiger partial charge < -0.3 is 10.8 Å². The fourth-order valence-corrected chi connectivity index (χ4v) is 1.17. The lowest BCUT2D eigenvalue weighted by molar-refractivity contribution is -0.384. The zero-order chi connectivity index (χ0) is 13.0. The van der Waals surface area contributed by atoms with E-state index in [0.29, 0.717) is 0 Å². The van der Waals surface area contributed by atoms with E-state index in [-0.39, 0.29) is 16.8 Å². The molecule has 0 bridgehead atoms. The van der Waals surface area contributed by atoms with Gasteiger partial charge in [-0.15, -0.1) is 0 Å². The van der Waals surface area contributed by atoms with Crippen LogP contribution in [0.4, 0.5) is 5.69 Å². The smallest absolute Gasteiger partial charge is 0.336 e. The van der Waals surface area contributed by atoms with Crippen LogP contribution in [0.1, 0.15) is 5.56 Å². The van der Waals surface area contributed by atoms with Gasteiger partial charge in [-0.1, -0.05) is 0 Å². The van der Waals surface area contributed by atoms with Crippen molar-refractivity contribution >= 4 is 23.1 Å². The summed E-state index contributed by atoms with van der Waals surface area (Å²) < 4.78 is 0. The highest BCUT2D eigenvalue weighted by Gasteiger charge is 2.13. The van der Waals surface area contributed by atoms with Gasteiger partial charge in [-0.05, 0) is 17.7 Å². The molecule has 0 unspecified atom stereocenters. The Balaban J connectivity index is 3.17. The number of amides is 1. The van der Waals surface area contributed by atoms with Gasteiger partial charge in [0.15, 0.2) is 0 Å². The molecule has 1 rings (SSSR count). The van der Waals surface area contributed by atoms with Crippen molar-refractivity contribution in [2.75, 3.05) is 0 Å². The molecule has 0 fully saturated rings. The maximum Gasteiger partial charge on any atom is 0.336 e. The first kappa shape index (κ1) is 12.4. The van der Waals surface area contributed by atoms with Gasteiger partial charge in [0, 0.05) is 18.2 Å². The average molecular weight is 236 g/mol. The number of non-ortho nitro benzene ring substituents is 1. The standard InChI is InChI=1S/C10H8N2O5/c11-9(13)5-8(10(14)15)6-1-3-7(4-2-6)12(16)17/h1-5H,(H2,11,13)(H,14,15)/b8-5-. The van der Waals surface area contributed by atoms with Crippen molar-refractivity contribution in [3.05, 3.63) is 46.0 Å². The van der Waals surface area contributed by atoms with Crippen LogP contribution in [0.25, 0.3) is 5.57 Å². The third-order valence-electron chi connectivity index (χ3n) is 1.91. The highest BCUT2D eigenvalue weighted by molar-refractivity contribution is 6.20. The Bertz CT molecular complexity index is 504. The number of primary amides is 1. The number of carboxylic acid groups (broad SMARTS) is 1. The largest absolute Gasteiger partial charge is 0.478 e. The van der Waals surface area contributed by atoms with E-state index in [2.05, 4.69) is 0 Å². The Hall–Kier alpha value is -2.70. The highest BCUT2D eigenvalue weighted by atomic mass is 16.6. The topological polar surface area (TPSA) is 124 Å². The summed E-state index contributed by atoms with van der Waals surface area (Å²) in [6.07, 6.45) is 0.753. The van der Waals surface area contributed by atoms with Gasteiger partial charge in [-0.25, -0.2) is 4.79 Å². The molecule has 88 valence electrons. The lowest BCUT2D eigenvalue weighted by atomic mass is 10.1. The molecule has 0 aliphatic heterocycles. The molecular weight excluding hydrogens is 228 g/mol. The minimum atomic E-state index is -1.34. The minimum Gasteiger partial charge on any atom is -0.478 e. The fraction of sp³-hybridized carbons (Fsp3) is 0. The van der Waals surface area contributed by atoms with Crippen molar-refractivity contribution in [1.82, 2.24) is 0 Å². The van der Waals surface area contributed by atoms with Gasteiger partial charge in [-0.2, -0.15) is 0 Å². The number of nitro benzene ring substituents is 1. The van der Waals surface area contributed by atoms with Crippen LogP contribution in [-0.2, 0) is 9.59 Å². The molecule has 1 aromatic carbocycles. The zero-order valence-electron chi connectivity index (χ0n) is 8.49. The van der Waals surface area contributed by atoms with Crippen LogP contribution in [0.2, 0.25) is 0 Å². The summed E-state index contributed by atoms with van der Waals surface area (Å²) in [6, 6.07) is 4.77. The van der Waals surface area contributed by atoms with E-state index >= 15 is 0 Å². The normalized spacial score (nSPS) is 10.9. The van der Waals surface area contributed by atoms with Crippen molar-refractivity contribution in [3.8, 4) is 0 Å². The second-order valence-electron chi connectivity index (χ2n) is 3.07. The van der Waals surface area contributed by atoms with Crippen LogP contribution in [0.3, 0.4) is 0 Å². The molecule has 0 saturated carbocycles. The number of carbonyl (C=O) groups excluding carboxylic acids is 1. The van der Waals surface area contributed by atoms with Gasteiger partial charge in [0.05, 0.1) is 10.5 Å². The molecule has 0 spiro atoms. The first-order valence-corrected chi connectivity index (χ1v) is 4.41. The first-order valence-electron chi connectivity index (χ1n) is 4.41. The predicted molar refractivity (Wildman–Crippen MR) is 57.9 cm³/mol. The molecule has 0 radical (unpaired) electrons. The number of nitro groups is 1. The second-order valence-corrected chi connectivity index (χ2v) is 3.07. The molecule has 17 heavy (non-hydrogen) atoms. The van der Waals surface area contributed by atoms with E-state index in [1.165, 1.54) is 12.1 Å². The summed E-state index contributed by atoms with van der Waals surface area (Å²) in [5, 5.41) is 19.2. The molecule has 0 aliphatic rings. The molecule has 0 atom stereocenters. The Morgan fingerprint density at radius 1 is 1.29 bits per heavy atom. The molecule has 0 aromatic heterocycles. The lowest BCUT2D eigenvalue weighted by Crippen LogP contribution is -2.10. The van der Waals surface area contributed by atoms with Gasteiger partial charge in [0.1, 0.15) is 0 Å². The molecule has 0 aliphatic carbocycles. The van der Waals surface area contributed by atoms with E-state index in [0.717, 1.165) is 18.2 Å². The maximum atomic E-state index is 10.8. The summed E-state index contributed by atoms with van der Waals surface area (Å²) in [5.74, 6) is -2.24. The van der Waals surface area contributed by atoms with Crippen molar-refractivity contribution in [2.45, 2.75) is 0 Å². The van der Waals surface area contributed by atoms with Crippen LogP contribution in [0.5, 0.6) is 0 Å². The van der Waals surface area contributed by atoms with Gasteiger partial charge in [-0.3, -0.25) is 14.9 Å². The minimum absolute atomic E-state index is 0.168. The number of nitrogens with zero attached hydrogens (tertiary/aromatic N) is 1. The number of rotatable bonds is 4. The third kappa shape index (κ3) is 3.13. The Labute approximate surface area is 95.3 Å². The van der Waals surface area contributed by atoms with Crippen molar-refractivity contribution < 1.29 is 19.6 Å². The van der Waals surface area contributed by atoms with Crippen molar-refractivity contribution in [2.24, 2.45) is 5.73 Å². The summed E-state index contributed by atoms with van der Waals surface area (Å²) in [5.41, 5.74) is 4.55. The molecule has 7 nitrogen and oxygen atoms in total. The Kier molecular flexibility index (Phi) is 3.55. The van der Waals surface area contributed by atoms with Gasteiger partial charge in [0.25, 0.3) is 5.69 Å². The maximum absolute atomic E-state index is 10.8. The van der Waals surface area contributed by atoms with E-state index in [9.17, 15) is 19.7 Å². The molecule has 7 heteroatoms. The summed E-state index contributed by atoms with van der Waals surface area (Å²) in [6.45, 7) is 0. The predicted octanol–water partition coefficient (Wildman–Crippen LogP) is 0.548. The summed E-state index contributed by atoms with van der Waals surface area (Å²) in [4.78, 5) is 31.3. The molecule has 1 aromatic rings. The number of aliphatic carboxylic acids is 1. The number of carboxylic acids is 1. The molecule has 3 N–H and O–H groups in total. The molecule has 0 heterocycles. The van der Waals surface area contributed by atoms with Crippen LogP contribution < -0.4 is 5.73 Å². The van der Waals surface area contributed by atoms with Gasteiger partial charge in [0.2, 0.25) is 5.91 Å². The van der Waals surface area contributed by atoms with Crippen LogP contribution in [-0.4, -0.2) is 21.9 Å². The van der Waals surface area contributed by atoms with Crippen LogP contribution >= 0.6 is 0 Å². The van der Waals surface area contributed by atoms with Crippen molar-refractivity contribution in [3.63, 3.8) is 0 Å². The Morgan fingerprint density at radius 2 is 1.82 bits per heavy atom.